The Kier molecular flexibility index (Phi) is 4.39. The van der Waals surface area contributed by atoms with Crippen LogP contribution in [0.5, 0.6) is 0 Å². The molecule has 0 fully saturated rings. The predicted octanol–water partition coefficient (Wildman–Crippen LogP) is 4.29. The van der Waals surface area contributed by atoms with Gasteiger partial charge >= 0.3 is 0 Å². The van der Waals surface area contributed by atoms with Crippen LogP contribution in [0.25, 0.3) is 22.1 Å². The van der Waals surface area contributed by atoms with E-state index in [2.05, 4.69) is 49.3 Å². The lowest BCUT2D eigenvalue weighted by Gasteiger charge is -2.05. The van der Waals surface area contributed by atoms with E-state index in [0.717, 1.165) is 46.3 Å². The Hall–Kier alpha value is -2.80. The van der Waals surface area contributed by atoms with Crippen molar-refractivity contribution in [1.82, 2.24) is 19.7 Å². The Morgan fingerprint density at radius 1 is 1.20 bits per heavy atom. The van der Waals surface area contributed by atoms with Gasteiger partial charge in [-0.05, 0) is 23.9 Å². The van der Waals surface area contributed by atoms with Crippen LogP contribution in [0.3, 0.4) is 0 Å². The van der Waals surface area contributed by atoms with Crippen LogP contribution in [0.4, 0.5) is 5.95 Å². The SMILES string of the molecule is CCCCn1c2ccccc2c2nnc(N/N=C/c3cccs3)nc21. The number of benzene rings is 1. The highest BCUT2D eigenvalue weighted by Gasteiger charge is 2.13. The number of hydrazone groups is 1. The zero-order valence-electron chi connectivity index (χ0n) is 13.9. The van der Waals surface area contributed by atoms with Crippen LogP contribution in [-0.4, -0.2) is 26.0 Å². The lowest BCUT2D eigenvalue weighted by molar-refractivity contribution is 0.660. The van der Waals surface area contributed by atoms with Crippen molar-refractivity contribution in [3.63, 3.8) is 0 Å². The van der Waals surface area contributed by atoms with Crippen molar-refractivity contribution in [3.05, 3.63) is 46.7 Å². The van der Waals surface area contributed by atoms with Gasteiger partial charge in [-0.25, -0.2) is 5.43 Å². The fraction of sp³-hybridized carbons (Fsp3) is 0.222. The number of aryl methyl sites for hydroxylation is 1. The molecule has 0 radical (unpaired) electrons. The summed E-state index contributed by atoms with van der Waals surface area (Å²) in [6, 6.07) is 12.2. The number of para-hydroxylation sites is 1. The van der Waals surface area contributed by atoms with Crippen molar-refractivity contribution in [3.8, 4) is 0 Å². The minimum absolute atomic E-state index is 0.404. The number of thiophene rings is 1. The molecular formula is C18H18N6S. The molecule has 0 atom stereocenters. The molecule has 0 saturated carbocycles. The molecule has 0 bridgehead atoms. The van der Waals surface area contributed by atoms with Crippen LogP contribution in [0.2, 0.25) is 0 Å². The molecule has 4 rings (SSSR count). The Morgan fingerprint density at radius 3 is 2.96 bits per heavy atom. The summed E-state index contributed by atoms with van der Waals surface area (Å²) in [4.78, 5) is 5.72. The van der Waals surface area contributed by atoms with Crippen molar-refractivity contribution in [2.75, 3.05) is 5.43 Å². The third kappa shape index (κ3) is 3.10. The largest absolute Gasteiger partial charge is 0.324 e. The molecule has 25 heavy (non-hydrogen) atoms. The summed E-state index contributed by atoms with van der Waals surface area (Å²) in [5.74, 6) is 0.404. The van der Waals surface area contributed by atoms with Crippen molar-refractivity contribution in [1.29, 1.82) is 0 Å². The van der Waals surface area contributed by atoms with Crippen LogP contribution in [-0.2, 0) is 6.54 Å². The molecule has 0 saturated heterocycles. The van der Waals surface area contributed by atoms with Crippen molar-refractivity contribution < 1.29 is 0 Å². The van der Waals surface area contributed by atoms with Gasteiger partial charge in [0.15, 0.2) is 5.65 Å². The van der Waals surface area contributed by atoms with Gasteiger partial charge in [0.05, 0.1) is 11.7 Å². The Labute approximate surface area is 149 Å². The quantitative estimate of drug-likeness (QED) is 0.416. The van der Waals surface area contributed by atoms with E-state index in [1.807, 2.05) is 29.6 Å². The molecule has 6 nitrogen and oxygen atoms in total. The van der Waals surface area contributed by atoms with Crippen LogP contribution in [0.1, 0.15) is 24.6 Å². The fourth-order valence-electron chi connectivity index (χ4n) is 2.81. The maximum absolute atomic E-state index is 4.65. The molecule has 1 N–H and O–H groups in total. The van der Waals surface area contributed by atoms with E-state index in [1.165, 1.54) is 0 Å². The molecule has 0 aliphatic heterocycles. The first-order chi connectivity index (χ1) is 12.4. The summed E-state index contributed by atoms with van der Waals surface area (Å²) >= 11 is 1.63. The van der Waals surface area contributed by atoms with Gasteiger partial charge in [0.1, 0.15) is 5.52 Å². The molecule has 7 heteroatoms. The van der Waals surface area contributed by atoms with E-state index in [4.69, 9.17) is 0 Å². The topological polar surface area (TPSA) is 68.0 Å². The summed E-state index contributed by atoms with van der Waals surface area (Å²) in [6.45, 7) is 3.10. The van der Waals surface area contributed by atoms with E-state index in [9.17, 15) is 0 Å². The maximum Gasteiger partial charge on any atom is 0.265 e. The van der Waals surface area contributed by atoms with Crippen LogP contribution < -0.4 is 5.43 Å². The van der Waals surface area contributed by atoms with Gasteiger partial charge in [-0.15, -0.1) is 21.5 Å². The number of fused-ring (bicyclic) bond motifs is 3. The summed E-state index contributed by atoms with van der Waals surface area (Å²) in [5.41, 5.74) is 5.70. The molecule has 1 aromatic carbocycles. The first-order valence-electron chi connectivity index (χ1n) is 8.31. The smallest absolute Gasteiger partial charge is 0.265 e. The lowest BCUT2D eigenvalue weighted by atomic mass is 10.2. The first-order valence-corrected chi connectivity index (χ1v) is 9.19. The number of hydrogen-bond acceptors (Lipinski definition) is 6. The number of nitrogens with one attached hydrogen (secondary N) is 1. The maximum atomic E-state index is 4.65. The fourth-order valence-corrected chi connectivity index (χ4v) is 3.40. The van der Waals surface area contributed by atoms with Crippen LogP contribution >= 0.6 is 11.3 Å². The number of nitrogens with zero attached hydrogens (tertiary/aromatic N) is 5. The standard InChI is InChI=1S/C18H18N6S/c1-2-3-10-24-15-9-5-4-8-14(15)16-17(24)20-18(23-21-16)22-19-12-13-7-6-11-25-13/h4-9,11-12H,2-3,10H2,1H3,(H,20,22,23)/b19-12+. The summed E-state index contributed by atoms with van der Waals surface area (Å²) in [5, 5.41) is 15.9. The second kappa shape index (κ2) is 6.98. The van der Waals surface area contributed by atoms with E-state index in [0.29, 0.717) is 5.95 Å². The Balaban J connectivity index is 1.72. The van der Waals surface area contributed by atoms with Gasteiger partial charge in [0, 0.05) is 16.8 Å². The van der Waals surface area contributed by atoms with E-state index in [1.54, 1.807) is 17.6 Å². The minimum Gasteiger partial charge on any atom is -0.324 e. The van der Waals surface area contributed by atoms with Gasteiger partial charge in [0.25, 0.3) is 5.95 Å². The number of unbranched alkanes of at least 4 members (excludes halogenated alkanes) is 1. The third-order valence-electron chi connectivity index (χ3n) is 4.01. The summed E-state index contributed by atoms with van der Waals surface area (Å²) in [7, 11) is 0. The van der Waals surface area contributed by atoms with E-state index in [-0.39, 0.29) is 0 Å². The van der Waals surface area contributed by atoms with Crippen molar-refractivity contribution in [2.45, 2.75) is 26.3 Å². The highest BCUT2D eigenvalue weighted by molar-refractivity contribution is 7.11. The molecule has 0 unspecified atom stereocenters. The minimum atomic E-state index is 0.404. The Morgan fingerprint density at radius 2 is 2.12 bits per heavy atom. The molecule has 3 heterocycles. The van der Waals surface area contributed by atoms with Gasteiger partial charge in [-0.1, -0.05) is 37.6 Å². The molecule has 0 spiro atoms. The highest BCUT2D eigenvalue weighted by atomic mass is 32.1. The zero-order chi connectivity index (χ0) is 17.1. The second-order valence-corrected chi connectivity index (χ2v) is 6.69. The average Bonchev–Trinajstić information content (AvgIpc) is 3.26. The normalized spacial score (nSPS) is 11.7. The van der Waals surface area contributed by atoms with Gasteiger partial charge in [0.2, 0.25) is 0 Å². The Bertz CT molecular complexity index is 1020. The number of rotatable bonds is 6. The van der Waals surface area contributed by atoms with E-state index >= 15 is 0 Å². The van der Waals surface area contributed by atoms with Gasteiger partial charge in [-0.2, -0.15) is 10.1 Å². The first kappa shape index (κ1) is 15.7. The van der Waals surface area contributed by atoms with Crippen molar-refractivity contribution in [2.24, 2.45) is 5.10 Å². The van der Waals surface area contributed by atoms with E-state index < -0.39 is 0 Å². The molecule has 0 aliphatic rings. The number of anilines is 1. The van der Waals surface area contributed by atoms with Crippen LogP contribution in [0.15, 0.2) is 46.9 Å². The van der Waals surface area contributed by atoms with Crippen molar-refractivity contribution >= 4 is 45.6 Å². The lowest BCUT2D eigenvalue weighted by Crippen LogP contribution is -2.03. The molecule has 126 valence electrons. The molecule has 3 aromatic heterocycles. The highest BCUT2D eigenvalue weighted by Crippen LogP contribution is 2.26. The predicted molar refractivity (Wildman–Crippen MR) is 103 cm³/mol. The summed E-state index contributed by atoms with van der Waals surface area (Å²) < 4.78 is 2.22. The summed E-state index contributed by atoms with van der Waals surface area (Å²) in [6.07, 6.45) is 3.98. The number of aromatic nitrogens is 4. The molecule has 4 aromatic rings. The molecular weight excluding hydrogens is 332 g/mol. The molecule has 0 amide bonds. The second-order valence-electron chi connectivity index (χ2n) is 5.72. The van der Waals surface area contributed by atoms with Gasteiger partial charge in [-0.3, -0.25) is 0 Å². The average molecular weight is 350 g/mol. The molecule has 0 aliphatic carbocycles. The zero-order valence-corrected chi connectivity index (χ0v) is 14.7. The monoisotopic (exact) mass is 350 g/mol. The van der Waals surface area contributed by atoms with Crippen LogP contribution in [0, 0.1) is 0 Å². The number of hydrogen-bond donors (Lipinski definition) is 1. The third-order valence-corrected chi connectivity index (χ3v) is 4.82. The van der Waals surface area contributed by atoms with Gasteiger partial charge < -0.3 is 4.57 Å².